The van der Waals surface area contributed by atoms with E-state index in [4.69, 9.17) is 0 Å². The van der Waals surface area contributed by atoms with Crippen LogP contribution in [-0.2, 0) is 16.1 Å². The fourth-order valence-electron chi connectivity index (χ4n) is 4.23. The summed E-state index contributed by atoms with van der Waals surface area (Å²) in [7, 11) is 0. The highest BCUT2D eigenvalue weighted by Crippen LogP contribution is 2.27. The molecule has 1 aromatic carbocycles. The maximum absolute atomic E-state index is 13.0. The predicted molar refractivity (Wildman–Crippen MR) is 96.8 cm³/mol. The monoisotopic (exact) mass is 339 g/mol. The first-order valence-corrected chi connectivity index (χ1v) is 9.26. The highest BCUT2D eigenvalue weighted by atomic mass is 16.2. The molecule has 0 spiro atoms. The Bertz CT molecular complexity index is 797. The van der Waals surface area contributed by atoms with Crippen LogP contribution in [0.15, 0.2) is 30.5 Å². The minimum Gasteiger partial charge on any atom is -0.361 e. The summed E-state index contributed by atoms with van der Waals surface area (Å²) in [6.45, 7) is 4.35. The van der Waals surface area contributed by atoms with Crippen LogP contribution >= 0.6 is 0 Å². The molecule has 4 rings (SSSR count). The van der Waals surface area contributed by atoms with E-state index in [9.17, 15) is 9.59 Å². The van der Waals surface area contributed by atoms with E-state index >= 15 is 0 Å². The van der Waals surface area contributed by atoms with Gasteiger partial charge in [0.15, 0.2) is 0 Å². The van der Waals surface area contributed by atoms with E-state index in [1.807, 2.05) is 29.3 Å². The van der Waals surface area contributed by atoms with Gasteiger partial charge in [0.2, 0.25) is 11.8 Å². The Kier molecular flexibility index (Phi) is 4.24. The Morgan fingerprint density at radius 1 is 1.28 bits per heavy atom. The smallest absolute Gasteiger partial charge is 0.245 e. The van der Waals surface area contributed by atoms with Crippen molar-refractivity contribution in [3.8, 4) is 0 Å². The van der Waals surface area contributed by atoms with Gasteiger partial charge >= 0.3 is 0 Å². The molecule has 2 atom stereocenters. The van der Waals surface area contributed by atoms with Crippen molar-refractivity contribution in [2.75, 3.05) is 13.1 Å². The number of rotatable bonds is 3. The minimum atomic E-state index is -0.300. The first kappa shape index (κ1) is 16.2. The second-order valence-corrected chi connectivity index (χ2v) is 7.47. The summed E-state index contributed by atoms with van der Waals surface area (Å²) in [6.07, 6.45) is 5.33. The summed E-state index contributed by atoms with van der Waals surface area (Å²) in [5.41, 5.74) is 2.15. The Morgan fingerprint density at radius 2 is 2.12 bits per heavy atom. The summed E-state index contributed by atoms with van der Waals surface area (Å²) < 4.78 is 0. The number of nitrogens with one attached hydrogen (secondary N) is 1. The standard InChI is InChI=1S/C20H25N3O2/c1-14-5-4-10-22(12-14)20(25)18-8-9-19(24)23(18)13-15-11-21-17-7-3-2-6-16(15)17/h2-3,6-7,11,14,18,21H,4-5,8-10,12-13H2,1H3/t14-,18+/m1/s1. The first-order valence-electron chi connectivity index (χ1n) is 9.26. The maximum atomic E-state index is 13.0. The lowest BCUT2D eigenvalue weighted by molar-refractivity contribution is -0.143. The minimum absolute atomic E-state index is 0.0914. The van der Waals surface area contributed by atoms with Crippen LogP contribution in [0.1, 0.15) is 38.2 Å². The van der Waals surface area contributed by atoms with Gasteiger partial charge in [-0.15, -0.1) is 0 Å². The average Bonchev–Trinajstić information content (AvgIpc) is 3.19. The van der Waals surface area contributed by atoms with Crippen LogP contribution in [0.5, 0.6) is 0 Å². The van der Waals surface area contributed by atoms with Gasteiger partial charge in [0.25, 0.3) is 0 Å². The van der Waals surface area contributed by atoms with Crippen molar-refractivity contribution in [3.63, 3.8) is 0 Å². The molecule has 1 N–H and O–H groups in total. The molecule has 2 fully saturated rings. The largest absolute Gasteiger partial charge is 0.361 e. The summed E-state index contributed by atoms with van der Waals surface area (Å²) in [6, 6.07) is 7.79. The number of benzene rings is 1. The SMILES string of the molecule is C[C@@H]1CCCN(C(=O)[C@@H]2CCC(=O)N2Cc2c[nH]c3ccccc23)C1. The first-order chi connectivity index (χ1) is 12.1. The van der Waals surface area contributed by atoms with Gasteiger partial charge in [0.1, 0.15) is 6.04 Å². The van der Waals surface area contributed by atoms with Crippen LogP contribution < -0.4 is 0 Å². The lowest BCUT2D eigenvalue weighted by Crippen LogP contribution is -2.49. The lowest BCUT2D eigenvalue weighted by Gasteiger charge is -2.35. The van der Waals surface area contributed by atoms with Crippen molar-refractivity contribution < 1.29 is 9.59 Å². The third-order valence-corrected chi connectivity index (χ3v) is 5.60. The van der Waals surface area contributed by atoms with E-state index < -0.39 is 0 Å². The number of amides is 2. The van der Waals surface area contributed by atoms with Crippen LogP contribution in [0, 0.1) is 5.92 Å². The molecule has 2 amide bonds. The van der Waals surface area contributed by atoms with Crippen molar-refractivity contribution in [1.82, 2.24) is 14.8 Å². The quantitative estimate of drug-likeness (QED) is 0.935. The van der Waals surface area contributed by atoms with Crippen molar-refractivity contribution in [1.29, 1.82) is 0 Å². The molecule has 2 saturated heterocycles. The number of H-pyrrole nitrogens is 1. The molecule has 2 aliphatic heterocycles. The molecule has 5 nitrogen and oxygen atoms in total. The van der Waals surface area contributed by atoms with E-state index in [1.165, 1.54) is 6.42 Å². The molecule has 1 aromatic heterocycles. The number of carbonyl (C=O) groups is 2. The zero-order valence-electron chi connectivity index (χ0n) is 14.7. The maximum Gasteiger partial charge on any atom is 0.245 e. The molecule has 0 aliphatic carbocycles. The number of aromatic nitrogens is 1. The van der Waals surface area contributed by atoms with Crippen LogP contribution in [-0.4, -0.2) is 45.7 Å². The fourth-order valence-corrected chi connectivity index (χ4v) is 4.23. The molecule has 0 radical (unpaired) electrons. The normalized spacial score (nSPS) is 24.3. The second kappa shape index (κ2) is 6.54. The molecule has 2 aromatic rings. The van der Waals surface area contributed by atoms with Gasteiger partial charge in [0.05, 0.1) is 0 Å². The Labute approximate surface area is 148 Å². The number of nitrogens with zero attached hydrogens (tertiary/aromatic N) is 2. The molecule has 5 heteroatoms. The lowest BCUT2D eigenvalue weighted by atomic mass is 9.99. The Balaban J connectivity index is 1.54. The molecular formula is C20H25N3O2. The van der Waals surface area contributed by atoms with E-state index in [2.05, 4.69) is 18.0 Å². The summed E-state index contributed by atoms with van der Waals surface area (Å²) in [5.74, 6) is 0.780. The summed E-state index contributed by atoms with van der Waals surface area (Å²) in [4.78, 5) is 32.5. The van der Waals surface area contributed by atoms with Gasteiger partial charge in [-0.2, -0.15) is 0 Å². The van der Waals surface area contributed by atoms with Crippen LogP contribution in [0.3, 0.4) is 0 Å². The van der Waals surface area contributed by atoms with Crippen molar-refractivity contribution >= 4 is 22.7 Å². The highest BCUT2D eigenvalue weighted by molar-refractivity contribution is 5.91. The summed E-state index contributed by atoms with van der Waals surface area (Å²) >= 11 is 0. The fraction of sp³-hybridized carbons (Fsp3) is 0.500. The number of aromatic amines is 1. The molecule has 0 saturated carbocycles. The third-order valence-electron chi connectivity index (χ3n) is 5.60. The van der Waals surface area contributed by atoms with Gasteiger partial charge in [-0.05, 0) is 36.8 Å². The van der Waals surface area contributed by atoms with Crippen LogP contribution in [0.25, 0.3) is 10.9 Å². The molecule has 0 bridgehead atoms. The van der Waals surface area contributed by atoms with Crippen LogP contribution in [0.4, 0.5) is 0 Å². The molecular weight excluding hydrogens is 314 g/mol. The summed E-state index contributed by atoms with van der Waals surface area (Å²) in [5, 5.41) is 1.12. The molecule has 0 unspecified atom stereocenters. The second-order valence-electron chi connectivity index (χ2n) is 7.47. The van der Waals surface area contributed by atoms with Crippen molar-refractivity contribution in [3.05, 3.63) is 36.0 Å². The predicted octanol–water partition coefficient (Wildman–Crippen LogP) is 2.92. The van der Waals surface area contributed by atoms with E-state index in [-0.39, 0.29) is 17.9 Å². The van der Waals surface area contributed by atoms with Crippen LogP contribution in [0.2, 0.25) is 0 Å². The number of piperidine rings is 1. The van der Waals surface area contributed by atoms with E-state index in [0.29, 0.717) is 25.3 Å². The highest BCUT2D eigenvalue weighted by Gasteiger charge is 2.39. The van der Waals surface area contributed by atoms with E-state index in [1.54, 1.807) is 4.90 Å². The van der Waals surface area contributed by atoms with Gasteiger partial charge < -0.3 is 14.8 Å². The van der Waals surface area contributed by atoms with Gasteiger partial charge in [0, 0.05) is 43.2 Å². The van der Waals surface area contributed by atoms with Crippen molar-refractivity contribution in [2.45, 2.75) is 45.2 Å². The van der Waals surface area contributed by atoms with E-state index in [0.717, 1.165) is 36.0 Å². The Morgan fingerprint density at radius 3 is 2.96 bits per heavy atom. The Hall–Kier alpha value is -2.30. The zero-order chi connectivity index (χ0) is 17.4. The molecule has 2 aliphatic rings. The zero-order valence-corrected chi connectivity index (χ0v) is 14.7. The number of carbonyl (C=O) groups excluding carboxylic acids is 2. The number of hydrogen-bond acceptors (Lipinski definition) is 2. The van der Waals surface area contributed by atoms with Gasteiger partial charge in [-0.3, -0.25) is 9.59 Å². The molecule has 132 valence electrons. The number of likely N-dealkylation sites (tertiary alicyclic amines) is 2. The number of fused-ring (bicyclic) bond motifs is 1. The topological polar surface area (TPSA) is 56.4 Å². The number of hydrogen-bond donors (Lipinski definition) is 1. The molecule has 25 heavy (non-hydrogen) atoms. The van der Waals surface area contributed by atoms with Crippen molar-refractivity contribution in [2.24, 2.45) is 5.92 Å². The van der Waals surface area contributed by atoms with Gasteiger partial charge in [-0.25, -0.2) is 0 Å². The third kappa shape index (κ3) is 3.03. The number of para-hydroxylation sites is 1. The molecule has 3 heterocycles. The average molecular weight is 339 g/mol. The van der Waals surface area contributed by atoms with Gasteiger partial charge in [-0.1, -0.05) is 25.1 Å².